The van der Waals surface area contributed by atoms with Gasteiger partial charge in [0.2, 0.25) is 10.0 Å². The van der Waals surface area contributed by atoms with Crippen molar-refractivity contribution in [1.29, 1.82) is 5.26 Å². The summed E-state index contributed by atoms with van der Waals surface area (Å²) in [5, 5.41) is 12.3. The van der Waals surface area contributed by atoms with Gasteiger partial charge in [-0.2, -0.15) is 9.57 Å². The summed E-state index contributed by atoms with van der Waals surface area (Å²) in [6.07, 6.45) is 3.34. The molecule has 162 valence electrons. The lowest BCUT2D eigenvalue weighted by Gasteiger charge is -2.24. The monoisotopic (exact) mass is 443 g/mol. The van der Waals surface area contributed by atoms with Crippen LogP contribution in [-0.4, -0.2) is 29.9 Å². The van der Waals surface area contributed by atoms with Crippen LogP contribution >= 0.6 is 0 Å². The van der Waals surface area contributed by atoms with Gasteiger partial charge in [0.15, 0.2) is 0 Å². The second kappa shape index (κ2) is 8.09. The summed E-state index contributed by atoms with van der Waals surface area (Å²) in [4.78, 5) is 0.372. The molecule has 0 radical (unpaired) electrons. The lowest BCUT2D eigenvalue weighted by molar-refractivity contribution is 0.369. The number of nitriles is 1. The number of aryl methyl sites for hydroxylation is 2. The van der Waals surface area contributed by atoms with Crippen molar-refractivity contribution >= 4 is 31.7 Å². The minimum atomic E-state index is -3.54. The fourth-order valence-electron chi connectivity index (χ4n) is 4.89. The molecule has 0 aliphatic carbocycles. The molecule has 1 atom stereocenters. The van der Waals surface area contributed by atoms with Gasteiger partial charge in [-0.05, 0) is 72.2 Å². The van der Waals surface area contributed by atoms with Crippen LogP contribution in [0.5, 0.6) is 0 Å². The van der Waals surface area contributed by atoms with E-state index in [-0.39, 0.29) is 6.04 Å². The van der Waals surface area contributed by atoms with Gasteiger partial charge in [0.25, 0.3) is 0 Å². The Kier molecular flexibility index (Phi) is 5.24. The van der Waals surface area contributed by atoms with Crippen molar-refractivity contribution < 1.29 is 8.42 Å². The topological polar surface area (TPSA) is 66.1 Å². The molecule has 32 heavy (non-hydrogen) atoms. The summed E-state index contributed by atoms with van der Waals surface area (Å²) in [6.45, 7) is 0.570. The molecule has 6 heteroatoms. The highest BCUT2D eigenvalue weighted by Crippen LogP contribution is 2.31. The molecule has 0 saturated carbocycles. The molecule has 1 fully saturated rings. The summed E-state index contributed by atoms with van der Waals surface area (Å²) in [6, 6.07) is 23.3. The van der Waals surface area contributed by atoms with Crippen LogP contribution in [0.15, 0.2) is 71.6 Å². The summed E-state index contributed by atoms with van der Waals surface area (Å²) < 4.78 is 30.8. The minimum absolute atomic E-state index is 0.000785. The van der Waals surface area contributed by atoms with Crippen molar-refractivity contribution in [3.8, 4) is 6.07 Å². The highest BCUT2D eigenvalue weighted by atomic mass is 32.2. The van der Waals surface area contributed by atoms with Crippen molar-refractivity contribution in [2.24, 2.45) is 7.05 Å². The summed E-state index contributed by atoms with van der Waals surface area (Å²) in [5.74, 6) is 0. The highest BCUT2D eigenvalue weighted by molar-refractivity contribution is 7.89. The van der Waals surface area contributed by atoms with E-state index in [1.165, 1.54) is 0 Å². The normalized spacial score (nSPS) is 17.2. The van der Waals surface area contributed by atoms with Crippen LogP contribution in [0.3, 0.4) is 0 Å². The molecule has 0 bridgehead atoms. The molecule has 1 saturated heterocycles. The van der Waals surface area contributed by atoms with Crippen LogP contribution in [0, 0.1) is 11.3 Å². The van der Waals surface area contributed by atoms with E-state index >= 15 is 0 Å². The first kappa shape index (κ1) is 20.7. The molecule has 4 aromatic rings. The van der Waals surface area contributed by atoms with Crippen molar-refractivity contribution in [3.05, 3.63) is 78.0 Å². The maximum absolute atomic E-state index is 13.5. The smallest absolute Gasteiger partial charge is 0.243 e. The van der Waals surface area contributed by atoms with Gasteiger partial charge >= 0.3 is 0 Å². The Bertz CT molecular complexity index is 1460. The summed E-state index contributed by atoms with van der Waals surface area (Å²) >= 11 is 0. The van der Waals surface area contributed by atoms with Crippen molar-refractivity contribution in [3.63, 3.8) is 0 Å². The molecular formula is C26H25N3O2S. The van der Waals surface area contributed by atoms with Gasteiger partial charge in [0.05, 0.1) is 16.5 Å². The van der Waals surface area contributed by atoms with Gasteiger partial charge in [-0.25, -0.2) is 8.42 Å². The van der Waals surface area contributed by atoms with Crippen LogP contribution in [0.1, 0.15) is 30.5 Å². The third-order valence-electron chi connectivity index (χ3n) is 6.66. The number of fused-ring (bicyclic) bond motifs is 2. The largest absolute Gasteiger partial charge is 0.348 e. The maximum atomic E-state index is 13.5. The fourth-order valence-corrected chi connectivity index (χ4v) is 6.65. The van der Waals surface area contributed by atoms with E-state index in [4.69, 9.17) is 0 Å². The highest BCUT2D eigenvalue weighted by Gasteiger charge is 2.35. The van der Waals surface area contributed by atoms with Crippen molar-refractivity contribution in [2.45, 2.75) is 36.6 Å². The Hall–Kier alpha value is -3.14. The third-order valence-corrected chi connectivity index (χ3v) is 8.61. The first-order chi connectivity index (χ1) is 15.5. The summed E-state index contributed by atoms with van der Waals surface area (Å²) in [5.41, 5.74) is 2.84. The van der Waals surface area contributed by atoms with E-state index in [1.807, 2.05) is 55.6 Å². The lowest BCUT2D eigenvalue weighted by Crippen LogP contribution is -2.35. The Labute approximate surface area is 188 Å². The van der Waals surface area contributed by atoms with Gasteiger partial charge in [-0.15, -0.1) is 0 Å². The quantitative estimate of drug-likeness (QED) is 0.436. The third kappa shape index (κ3) is 3.58. The summed E-state index contributed by atoms with van der Waals surface area (Å²) in [7, 11) is -1.53. The van der Waals surface area contributed by atoms with Gasteiger partial charge in [-0.1, -0.05) is 36.4 Å². The number of sulfonamides is 1. The van der Waals surface area contributed by atoms with Gasteiger partial charge < -0.3 is 4.57 Å². The van der Waals surface area contributed by atoms with Crippen LogP contribution in [-0.2, 0) is 23.5 Å². The number of aromatic nitrogens is 1. The Morgan fingerprint density at radius 1 is 1.00 bits per heavy atom. The Morgan fingerprint density at radius 3 is 2.59 bits per heavy atom. The predicted molar refractivity (Wildman–Crippen MR) is 127 cm³/mol. The molecule has 0 spiro atoms. The van der Waals surface area contributed by atoms with Gasteiger partial charge in [0.1, 0.15) is 0 Å². The van der Waals surface area contributed by atoms with Crippen LogP contribution in [0.4, 0.5) is 0 Å². The predicted octanol–water partition coefficient (Wildman–Crippen LogP) is 4.99. The van der Waals surface area contributed by atoms with Crippen LogP contribution < -0.4 is 0 Å². The van der Waals surface area contributed by atoms with Crippen molar-refractivity contribution in [2.75, 3.05) is 6.54 Å². The Balaban J connectivity index is 1.38. The van der Waals surface area contributed by atoms with Crippen LogP contribution in [0.2, 0.25) is 0 Å². The number of hydrogen-bond acceptors (Lipinski definition) is 3. The molecular weight excluding hydrogens is 418 g/mol. The average Bonchev–Trinajstić information content (AvgIpc) is 3.42. The standard InChI is InChI=1S/C26H25N3O2S/c1-28-24(16-22-9-8-19(18-27)15-26(22)28)12-11-23-7-4-14-29(23)32(30,31)25-13-10-20-5-2-3-6-21(20)17-25/h2-3,5-6,8-10,13,15-17,23H,4,7,11-12,14H2,1H3/t23-/m0/s1. The van der Waals surface area contributed by atoms with E-state index in [2.05, 4.69) is 16.7 Å². The van der Waals surface area contributed by atoms with Crippen LogP contribution in [0.25, 0.3) is 21.7 Å². The maximum Gasteiger partial charge on any atom is 0.243 e. The molecule has 5 nitrogen and oxygen atoms in total. The van der Waals surface area contributed by atoms with E-state index in [0.717, 1.165) is 53.1 Å². The van der Waals surface area contributed by atoms with E-state index in [9.17, 15) is 13.7 Å². The number of benzene rings is 3. The van der Waals surface area contributed by atoms with Crippen molar-refractivity contribution in [1.82, 2.24) is 8.87 Å². The molecule has 0 unspecified atom stereocenters. The zero-order valence-electron chi connectivity index (χ0n) is 18.0. The van der Waals surface area contributed by atoms with E-state index < -0.39 is 10.0 Å². The number of nitrogens with zero attached hydrogens (tertiary/aromatic N) is 3. The fraction of sp³-hybridized carbons (Fsp3) is 0.269. The van der Waals surface area contributed by atoms with E-state index in [1.54, 1.807) is 16.4 Å². The number of rotatable bonds is 5. The SMILES string of the molecule is Cn1c(CC[C@@H]2CCCN2S(=O)(=O)c2ccc3ccccc3c2)cc2ccc(C#N)cc21. The molecule has 1 aromatic heterocycles. The minimum Gasteiger partial charge on any atom is -0.348 e. The van der Waals surface area contributed by atoms with E-state index in [0.29, 0.717) is 17.0 Å². The van der Waals surface area contributed by atoms with Gasteiger partial charge in [-0.3, -0.25) is 0 Å². The molecule has 2 heterocycles. The molecule has 0 N–H and O–H groups in total. The molecule has 0 amide bonds. The van der Waals surface area contributed by atoms with Gasteiger partial charge in [0, 0.05) is 30.8 Å². The number of hydrogen-bond donors (Lipinski definition) is 0. The molecule has 1 aliphatic heterocycles. The zero-order chi connectivity index (χ0) is 22.3. The second-order valence-corrected chi connectivity index (χ2v) is 10.4. The lowest BCUT2D eigenvalue weighted by atomic mass is 10.1. The average molecular weight is 444 g/mol. The first-order valence-electron chi connectivity index (χ1n) is 11.0. The first-order valence-corrected chi connectivity index (χ1v) is 12.4. The Morgan fingerprint density at radius 2 is 1.78 bits per heavy atom. The zero-order valence-corrected chi connectivity index (χ0v) is 18.8. The second-order valence-electron chi connectivity index (χ2n) is 8.54. The molecule has 3 aromatic carbocycles. The molecule has 5 rings (SSSR count). The molecule has 1 aliphatic rings.